The van der Waals surface area contributed by atoms with E-state index in [1.165, 1.54) is 18.4 Å². The van der Waals surface area contributed by atoms with E-state index in [1.807, 2.05) is 23.9 Å². The molecule has 0 aliphatic heterocycles. The van der Waals surface area contributed by atoms with E-state index in [-0.39, 0.29) is 4.75 Å². The fraction of sp³-hybridized carbons (Fsp3) is 0.600. The van der Waals surface area contributed by atoms with Gasteiger partial charge in [-0.1, -0.05) is 13.8 Å². The minimum absolute atomic E-state index is 0.231. The zero-order valence-corrected chi connectivity index (χ0v) is 15.1. The molecule has 0 amide bonds. The molecule has 0 saturated carbocycles. The van der Waals surface area contributed by atoms with Gasteiger partial charge in [0, 0.05) is 31.1 Å². The Labute approximate surface area is 133 Å². The van der Waals surface area contributed by atoms with E-state index in [2.05, 4.69) is 25.4 Å². The van der Waals surface area contributed by atoms with Gasteiger partial charge >= 0.3 is 0 Å². The Bertz CT molecular complexity index is 527. The zero-order chi connectivity index (χ0) is 16.1. The van der Waals surface area contributed by atoms with Crippen molar-refractivity contribution in [2.75, 3.05) is 32.2 Å². The lowest BCUT2D eigenvalue weighted by molar-refractivity contribution is 0.521. The molecule has 0 aliphatic rings. The lowest BCUT2D eigenvalue weighted by Gasteiger charge is -2.30. The summed E-state index contributed by atoms with van der Waals surface area (Å²) >= 11 is 1.88. The Morgan fingerprint density at radius 1 is 1.14 bits per heavy atom. The van der Waals surface area contributed by atoms with E-state index in [0.29, 0.717) is 4.90 Å². The van der Waals surface area contributed by atoms with E-state index in [4.69, 9.17) is 0 Å². The maximum absolute atomic E-state index is 12.0. The van der Waals surface area contributed by atoms with Crippen LogP contribution in [0.4, 0.5) is 5.69 Å². The largest absolute Gasteiger partial charge is 0.384 e. The van der Waals surface area contributed by atoms with Gasteiger partial charge in [0.05, 0.1) is 4.90 Å². The number of thioether (sulfide) groups is 1. The standard InChI is InChI=1S/C15H26N2O2S2/c1-6-15(7-2,20-5)12-16-13-8-10-14(11-9-13)21(18,19)17(3)4/h8-11,16H,6-7,12H2,1-5H3. The average Bonchev–Trinajstić information content (AvgIpc) is 2.49. The van der Waals surface area contributed by atoms with Gasteiger partial charge in [0.25, 0.3) is 0 Å². The van der Waals surface area contributed by atoms with Gasteiger partial charge in [-0.2, -0.15) is 11.8 Å². The van der Waals surface area contributed by atoms with Gasteiger partial charge < -0.3 is 5.32 Å². The van der Waals surface area contributed by atoms with Crippen LogP contribution < -0.4 is 5.32 Å². The zero-order valence-electron chi connectivity index (χ0n) is 13.5. The minimum atomic E-state index is -3.35. The highest BCUT2D eigenvalue weighted by molar-refractivity contribution is 8.00. The van der Waals surface area contributed by atoms with Crippen LogP contribution >= 0.6 is 11.8 Å². The molecular formula is C15H26N2O2S2. The van der Waals surface area contributed by atoms with Gasteiger partial charge in [-0.3, -0.25) is 0 Å². The van der Waals surface area contributed by atoms with Crippen molar-refractivity contribution >= 4 is 27.5 Å². The molecule has 120 valence electrons. The molecule has 1 N–H and O–H groups in total. The van der Waals surface area contributed by atoms with Gasteiger partial charge in [0.2, 0.25) is 10.0 Å². The third-order valence-electron chi connectivity index (χ3n) is 3.97. The fourth-order valence-electron chi connectivity index (χ4n) is 2.08. The van der Waals surface area contributed by atoms with E-state index < -0.39 is 10.0 Å². The highest BCUT2D eigenvalue weighted by Crippen LogP contribution is 2.30. The molecule has 0 radical (unpaired) electrons. The third-order valence-corrected chi connectivity index (χ3v) is 7.39. The Morgan fingerprint density at radius 3 is 2.05 bits per heavy atom. The summed E-state index contributed by atoms with van der Waals surface area (Å²) in [4.78, 5) is 0.320. The van der Waals surface area contributed by atoms with Crippen LogP contribution in [0.25, 0.3) is 0 Å². The highest BCUT2D eigenvalue weighted by atomic mass is 32.2. The summed E-state index contributed by atoms with van der Waals surface area (Å²) in [6.07, 6.45) is 4.34. The molecule has 1 rings (SSSR count). The molecule has 1 aromatic rings. The van der Waals surface area contributed by atoms with E-state index >= 15 is 0 Å². The van der Waals surface area contributed by atoms with Crippen molar-refractivity contribution in [2.24, 2.45) is 0 Å². The maximum Gasteiger partial charge on any atom is 0.242 e. The number of anilines is 1. The van der Waals surface area contributed by atoms with Crippen LogP contribution in [-0.4, -0.2) is 44.4 Å². The first kappa shape index (κ1) is 18.3. The molecule has 0 bridgehead atoms. The van der Waals surface area contributed by atoms with Crippen molar-refractivity contribution in [3.8, 4) is 0 Å². The van der Waals surface area contributed by atoms with Gasteiger partial charge in [0.1, 0.15) is 0 Å². The first-order valence-electron chi connectivity index (χ1n) is 7.13. The Morgan fingerprint density at radius 2 is 1.67 bits per heavy atom. The lowest BCUT2D eigenvalue weighted by atomic mass is 10.0. The molecule has 1 aromatic carbocycles. The van der Waals surface area contributed by atoms with Crippen molar-refractivity contribution < 1.29 is 8.42 Å². The Balaban J connectivity index is 2.81. The predicted octanol–water partition coefficient (Wildman–Crippen LogP) is 3.27. The first-order chi connectivity index (χ1) is 9.81. The first-order valence-corrected chi connectivity index (χ1v) is 9.79. The second-order valence-electron chi connectivity index (χ2n) is 5.26. The van der Waals surface area contributed by atoms with Crippen LogP contribution in [0.1, 0.15) is 26.7 Å². The van der Waals surface area contributed by atoms with Crippen molar-refractivity contribution in [2.45, 2.75) is 36.3 Å². The Kier molecular flexibility index (Phi) is 6.56. The van der Waals surface area contributed by atoms with E-state index in [0.717, 1.165) is 25.1 Å². The van der Waals surface area contributed by atoms with Crippen LogP contribution in [0.15, 0.2) is 29.2 Å². The van der Waals surface area contributed by atoms with Crippen LogP contribution in [0.3, 0.4) is 0 Å². The fourth-order valence-corrected chi connectivity index (χ4v) is 3.78. The second-order valence-corrected chi connectivity index (χ2v) is 8.69. The molecule has 0 heterocycles. The summed E-state index contributed by atoms with van der Waals surface area (Å²) in [5.74, 6) is 0. The summed E-state index contributed by atoms with van der Waals surface area (Å²) in [7, 11) is -0.273. The minimum Gasteiger partial charge on any atom is -0.384 e. The lowest BCUT2D eigenvalue weighted by Crippen LogP contribution is -2.32. The smallest absolute Gasteiger partial charge is 0.242 e. The van der Waals surface area contributed by atoms with Gasteiger partial charge in [-0.25, -0.2) is 12.7 Å². The third kappa shape index (κ3) is 4.37. The van der Waals surface area contributed by atoms with Crippen LogP contribution in [-0.2, 0) is 10.0 Å². The van der Waals surface area contributed by atoms with E-state index in [9.17, 15) is 8.42 Å². The number of rotatable bonds is 8. The molecule has 0 unspecified atom stereocenters. The van der Waals surface area contributed by atoms with Gasteiger partial charge in [0.15, 0.2) is 0 Å². The number of hydrogen-bond acceptors (Lipinski definition) is 4. The van der Waals surface area contributed by atoms with Crippen molar-refractivity contribution in [3.63, 3.8) is 0 Å². The number of nitrogens with zero attached hydrogens (tertiary/aromatic N) is 1. The van der Waals surface area contributed by atoms with Crippen molar-refractivity contribution in [1.29, 1.82) is 0 Å². The Hall–Kier alpha value is -0.720. The van der Waals surface area contributed by atoms with E-state index in [1.54, 1.807) is 12.1 Å². The maximum atomic E-state index is 12.0. The van der Waals surface area contributed by atoms with Crippen LogP contribution in [0.2, 0.25) is 0 Å². The molecule has 0 atom stereocenters. The average molecular weight is 331 g/mol. The highest BCUT2D eigenvalue weighted by Gasteiger charge is 2.24. The van der Waals surface area contributed by atoms with Crippen LogP contribution in [0, 0.1) is 0 Å². The van der Waals surface area contributed by atoms with Gasteiger partial charge in [-0.05, 0) is 43.4 Å². The molecule has 0 fully saturated rings. The summed E-state index contributed by atoms with van der Waals surface area (Å²) in [5, 5.41) is 3.42. The summed E-state index contributed by atoms with van der Waals surface area (Å²) in [6.45, 7) is 5.28. The molecular weight excluding hydrogens is 304 g/mol. The molecule has 0 saturated heterocycles. The molecule has 0 spiro atoms. The second kappa shape index (κ2) is 7.51. The predicted molar refractivity (Wildman–Crippen MR) is 92.6 cm³/mol. The molecule has 0 aromatic heterocycles. The topological polar surface area (TPSA) is 49.4 Å². The number of benzene rings is 1. The molecule has 4 nitrogen and oxygen atoms in total. The summed E-state index contributed by atoms with van der Waals surface area (Å²) in [5.41, 5.74) is 0.952. The quantitative estimate of drug-likeness (QED) is 0.795. The van der Waals surface area contributed by atoms with Crippen molar-refractivity contribution in [1.82, 2.24) is 4.31 Å². The summed E-state index contributed by atoms with van der Waals surface area (Å²) < 4.78 is 25.5. The van der Waals surface area contributed by atoms with Gasteiger partial charge in [-0.15, -0.1) is 0 Å². The molecule has 21 heavy (non-hydrogen) atoms. The molecule has 6 heteroatoms. The van der Waals surface area contributed by atoms with Crippen molar-refractivity contribution in [3.05, 3.63) is 24.3 Å². The molecule has 0 aliphatic carbocycles. The number of sulfonamides is 1. The van der Waals surface area contributed by atoms with Crippen LogP contribution in [0.5, 0.6) is 0 Å². The SMILES string of the molecule is CCC(CC)(CNc1ccc(S(=O)(=O)N(C)C)cc1)SC. The number of nitrogens with one attached hydrogen (secondary N) is 1. The monoisotopic (exact) mass is 330 g/mol. The number of hydrogen-bond donors (Lipinski definition) is 1. The normalized spacial score (nSPS) is 12.7. The summed E-state index contributed by atoms with van der Waals surface area (Å²) in [6, 6.07) is 6.95.